The lowest BCUT2D eigenvalue weighted by Gasteiger charge is -2.34. The quantitative estimate of drug-likeness (QED) is 0.836. The van der Waals surface area contributed by atoms with Crippen molar-refractivity contribution in [3.05, 3.63) is 58.8 Å². The Morgan fingerprint density at radius 2 is 1.93 bits per heavy atom. The summed E-state index contributed by atoms with van der Waals surface area (Å²) in [5.41, 5.74) is 3.54. The first kappa shape index (κ1) is 18.9. The summed E-state index contributed by atoms with van der Waals surface area (Å²) in [4.78, 5) is 21.5. The predicted octanol–water partition coefficient (Wildman–Crippen LogP) is 3.45. The van der Waals surface area contributed by atoms with Crippen LogP contribution in [0.3, 0.4) is 0 Å². The number of benzene rings is 1. The Balaban J connectivity index is 1.60. The number of aryl methyl sites for hydroxylation is 2. The van der Waals surface area contributed by atoms with Gasteiger partial charge in [-0.05, 0) is 43.9 Å². The Morgan fingerprint density at radius 1 is 1.26 bits per heavy atom. The van der Waals surface area contributed by atoms with Gasteiger partial charge >= 0.3 is 0 Å². The van der Waals surface area contributed by atoms with E-state index in [-0.39, 0.29) is 11.8 Å². The molecule has 5 heteroatoms. The summed E-state index contributed by atoms with van der Waals surface area (Å²) in [6, 6.07) is 14.3. The van der Waals surface area contributed by atoms with Crippen LogP contribution in [-0.4, -0.2) is 35.9 Å². The van der Waals surface area contributed by atoms with Gasteiger partial charge in [-0.25, -0.2) is 4.98 Å². The molecular weight excluding hydrogens is 336 g/mol. The van der Waals surface area contributed by atoms with Crippen LogP contribution in [-0.2, 0) is 11.3 Å². The van der Waals surface area contributed by atoms with Crippen LogP contribution in [0, 0.1) is 31.1 Å². The van der Waals surface area contributed by atoms with Crippen molar-refractivity contribution >= 4 is 11.7 Å². The summed E-state index contributed by atoms with van der Waals surface area (Å²) >= 11 is 0. The van der Waals surface area contributed by atoms with Crippen molar-refractivity contribution in [2.75, 3.05) is 25.0 Å². The lowest BCUT2D eigenvalue weighted by atomic mass is 9.95. The number of nitriles is 1. The number of hydrogen-bond donors (Lipinski definition) is 0. The fraction of sp³-hybridized carbons (Fsp3) is 0.409. The number of pyridine rings is 1. The third-order valence-electron chi connectivity index (χ3n) is 5.30. The van der Waals surface area contributed by atoms with Gasteiger partial charge in [0.2, 0.25) is 5.91 Å². The molecule has 0 unspecified atom stereocenters. The van der Waals surface area contributed by atoms with E-state index in [1.165, 1.54) is 0 Å². The van der Waals surface area contributed by atoms with Crippen molar-refractivity contribution in [1.82, 2.24) is 9.88 Å². The summed E-state index contributed by atoms with van der Waals surface area (Å²) in [6.07, 6.45) is 1.66. The van der Waals surface area contributed by atoms with Gasteiger partial charge in [0.25, 0.3) is 0 Å². The van der Waals surface area contributed by atoms with Crippen molar-refractivity contribution in [3.63, 3.8) is 0 Å². The fourth-order valence-corrected chi connectivity index (χ4v) is 3.74. The summed E-state index contributed by atoms with van der Waals surface area (Å²) in [5, 5.41) is 9.21. The zero-order valence-electron chi connectivity index (χ0n) is 16.3. The molecule has 3 rings (SSSR count). The summed E-state index contributed by atoms with van der Waals surface area (Å²) in [5.74, 6) is 1.20. The number of anilines is 1. The summed E-state index contributed by atoms with van der Waals surface area (Å²) in [6.45, 7) is 6.10. The molecule has 1 aliphatic rings. The zero-order chi connectivity index (χ0) is 19.4. The molecule has 5 nitrogen and oxygen atoms in total. The molecule has 0 radical (unpaired) electrons. The molecule has 27 heavy (non-hydrogen) atoms. The summed E-state index contributed by atoms with van der Waals surface area (Å²) in [7, 11) is 1.89. The first-order valence-corrected chi connectivity index (χ1v) is 9.41. The highest BCUT2D eigenvalue weighted by Gasteiger charge is 2.28. The third kappa shape index (κ3) is 4.28. The highest BCUT2D eigenvalue weighted by molar-refractivity contribution is 5.79. The second-order valence-corrected chi connectivity index (χ2v) is 7.31. The molecule has 2 heterocycles. The number of rotatable bonds is 4. The van der Waals surface area contributed by atoms with E-state index in [4.69, 9.17) is 0 Å². The Hall–Kier alpha value is -2.87. The number of piperidine rings is 1. The number of hydrogen-bond acceptors (Lipinski definition) is 4. The maximum absolute atomic E-state index is 12.8. The minimum Gasteiger partial charge on any atom is -0.357 e. The minimum absolute atomic E-state index is 0.0653. The van der Waals surface area contributed by atoms with E-state index in [0.29, 0.717) is 12.1 Å². The van der Waals surface area contributed by atoms with Gasteiger partial charge in [0, 0.05) is 32.6 Å². The average molecular weight is 362 g/mol. The molecule has 2 aromatic rings. The number of amides is 1. The topological polar surface area (TPSA) is 60.2 Å². The van der Waals surface area contributed by atoms with E-state index >= 15 is 0 Å². The van der Waals surface area contributed by atoms with Crippen molar-refractivity contribution in [2.24, 2.45) is 5.92 Å². The van der Waals surface area contributed by atoms with Gasteiger partial charge in [-0.2, -0.15) is 5.26 Å². The Morgan fingerprint density at radius 3 is 2.52 bits per heavy atom. The molecule has 1 aliphatic heterocycles. The molecule has 0 aliphatic carbocycles. The molecule has 140 valence electrons. The molecule has 0 saturated carbocycles. The van der Waals surface area contributed by atoms with Crippen molar-refractivity contribution in [1.29, 1.82) is 5.26 Å². The Labute approximate surface area is 161 Å². The molecule has 1 fully saturated rings. The lowest BCUT2D eigenvalue weighted by molar-refractivity contribution is -0.135. The van der Waals surface area contributed by atoms with Gasteiger partial charge in [0.1, 0.15) is 11.9 Å². The van der Waals surface area contributed by atoms with Gasteiger partial charge < -0.3 is 9.80 Å². The van der Waals surface area contributed by atoms with E-state index in [9.17, 15) is 10.1 Å². The highest BCUT2D eigenvalue weighted by Crippen LogP contribution is 2.26. The SMILES string of the molecule is Cc1cc(N2CCC(C(=O)N(C)Cc3ccccc3)CC2)nc(C)c1C#N. The largest absolute Gasteiger partial charge is 0.357 e. The number of nitrogens with zero attached hydrogens (tertiary/aromatic N) is 4. The lowest BCUT2D eigenvalue weighted by Crippen LogP contribution is -2.41. The second kappa shape index (κ2) is 8.22. The average Bonchev–Trinajstić information content (AvgIpc) is 2.68. The second-order valence-electron chi connectivity index (χ2n) is 7.31. The van der Waals surface area contributed by atoms with Crippen LogP contribution < -0.4 is 4.90 Å². The standard InChI is InChI=1S/C22H26N4O/c1-16-13-21(24-17(2)20(16)14-23)26-11-9-19(10-12-26)22(27)25(3)15-18-7-5-4-6-8-18/h4-8,13,19H,9-12,15H2,1-3H3. The van der Waals surface area contributed by atoms with Crippen molar-refractivity contribution < 1.29 is 4.79 Å². The number of carbonyl (C=O) groups excluding carboxylic acids is 1. The Bertz CT molecular complexity index is 825. The smallest absolute Gasteiger partial charge is 0.225 e. The van der Waals surface area contributed by atoms with Crippen LogP contribution in [0.4, 0.5) is 5.82 Å². The van der Waals surface area contributed by atoms with E-state index < -0.39 is 0 Å². The maximum Gasteiger partial charge on any atom is 0.225 e. The van der Waals surface area contributed by atoms with Gasteiger partial charge in [-0.3, -0.25) is 4.79 Å². The number of carbonyl (C=O) groups is 1. The molecule has 0 atom stereocenters. The van der Waals surface area contributed by atoms with Crippen LogP contribution in [0.15, 0.2) is 36.4 Å². The molecule has 0 N–H and O–H groups in total. The van der Waals surface area contributed by atoms with Crippen LogP contribution in [0.1, 0.15) is 35.2 Å². The van der Waals surface area contributed by atoms with E-state index in [1.807, 2.05) is 62.2 Å². The monoisotopic (exact) mass is 362 g/mol. The van der Waals surface area contributed by atoms with Crippen LogP contribution in [0.2, 0.25) is 0 Å². The van der Waals surface area contributed by atoms with Crippen molar-refractivity contribution in [3.8, 4) is 6.07 Å². The maximum atomic E-state index is 12.8. The Kier molecular flexibility index (Phi) is 5.75. The van der Waals surface area contributed by atoms with Gasteiger partial charge in [0.15, 0.2) is 0 Å². The van der Waals surface area contributed by atoms with Gasteiger partial charge in [0.05, 0.1) is 11.3 Å². The van der Waals surface area contributed by atoms with Crippen LogP contribution in [0.25, 0.3) is 0 Å². The molecule has 0 spiro atoms. The predicted molar refractivity (Wildman–Crippen MR) is 106 cm³/mol. The molecule has 1 aromatic heterocycles. The third-order valence-corrected chi connectivity index (χ3v) is 5.30. The van der Waals surface area contributed by atoms with Crippen LogP contribution in [0.5, 0.6) is 0 Å². The normalized spacial score (nSPS) is 14.7. The first-order valence-electron chi connectivity index (χ1n) is 9.41. The molecule has 0 bridgehead atoms. The summed E-state index contributed by atoms with van der Waals surface area (Å²) < 4.78 is 0. The van der Waals surface area contributed by atoms with Gasteiger partial charge in [-0.1, -0.05) is 30.3 Å². The number of aromatic nitrogens is 1. The zero-order valence-corrected chi connectivity index (χ0v) is 16.3. The van der Waals surface area contributed by atoms with Crippen LogP contribution >= 0.6 is 0 Å². The molecule has 1 aromatic carbocycles. The fourth-order valence-electron chi connectivity index (χ4n) is 3.74. The highest BCUT2D eigenvalue weighted by atomic mass is 16.2. The van der Waals surface area contributed by atoms with E-state index in [0.717, 1.165) is 48.6 Å². The van der Waals surface area contributed by atoms with Gasteiger partial charge in [-0.15, -0.1) is 0 Å². The van der Waals surface area contributed by atoms with E-state index in [1.54, 1.807) is 0 Å². The first-order chi connectivity index (χ1) is 13.0. The molecule has 1 saturated heterocycles. The van der Waals surface area contributed by atoms with Crippen molar-refractivity contribution in [2.45, 2.75) is 33.2 Å². The van der Waals surface area contributed by atoms with E-state index in [2.05, 4.69) is 16.0 Å². The minimum atomic E-state index is 0.0653. The molecular formula is C22H26N4O. The molecule has 1 amide bonds.